The van der Waals surface area contributed by atoms with Crippen molar-refractivity contribution in [3.63, 3.8) is 0 Å². The van der Waals surface area contributed by atoms with Crippen molar-refractivity contribution in [2.24, 2.45) is 0 Å². The average molecular weight is 320 g/mol. The molecule has 0 aliphatic carbocycles. The average Bonchev–Trinajstić information content (AvgIpc) is 2.99. The van der Waals surface area contributed by atoms with Crippen molar-refractivity contribution >= 4 is 21.6 Å². The quantitative estimate of drug-likeness (QED) is 0.850. The number of carbonyl (C=O) groups is 1. The molecule has 2 aromatic rings. The van der Waals surface area contributed by atoms with Crippen LogP contribution in [-0.4, -0.2) is 30.4 Å². The summed E-state index contributed by atoms with van der Waals surface area (Å²) in [5.41, 5.74) is 1.53. The van der Waals surface area contributed by atoms with Crippen LogP contribution in [0.5, 0.6) is 0 Å². The van der Waals surface area contributed by atoms with Crippen LogP contribution in [0.1, 0.15) is 12.0 Å². The largest absolute Gasteiger partial charge is 0.336 e. The van der Waals surface area contributed by atoms with Gasteiger partial charge in [0.1, 0.15) is 0 Å². The van der Waals surface area contributed by atoms with Crippen LogP contribution >= 0.6 is 0 Å². The molecule has 3 rings (SSSR count). The number of nitrogens with zero attached hydrogens (tertiary/aromatic N) is 2. The minimum atomic E-state index is -3.56. The summed E-state index contributed by atoms with van der Waals surface area (Å²) in [5, 5.41) is 2.74. The smallest absolute Gasteiger partial charge is 0.240 e. The minimum absolute atomic E-state index is 0.0402. The number of rotatable bonds is 5. The van der Waals surface area contributed by atoms with Crippen LogP contribution < -0.4 is 10.0 Å². The third-order valence-corrected chi connectivity index (χ3v) is 4.96. The summed E-state index contributed by atoms with van der Waals surface area (Å²) in [6, 6.07) is 4.76. The molecule has 2 heterocycles. The second-order valence-electron chi connectivity index (χ2n) is 5.07. The lowest BCUT2D eigenvalue weighted by Gasteiger charge is -2.17. The number of nitrogens with one attached hydrogen (secondary N) is 2. The fourth-order valence-electron chi connectivity index (χ4n) is 2.34. The van der Waals surface area contributed by atoms with Gasteiger partial charge in [-0.1, -0.05) is 0 Å². The number of hydrogen-bond donors (Lipinski definition) is 2. The number of carbonyl (C=O) groups excluding carboxylic acids is 1. The summed E-state index contributed by atoms with van der Waals surface area (Å²) < 4.78 is 28.9. The summed E-state index contributed by atoms with van der Waals surface area (Å²) in [7, 11) is -3.56. The van der Waals surface area contributed by atoms with Gasteiger partial charge in [-0.2, -0.15) is 0 Å². The Labute approximate surface area is 128 Å². The molecular formula is C14H16N4O3S. The second kappa shape index (κ2) is 5.90. The maximum atomic E-state index is 12.3. The molecule has 1 amide bonds. The standard InChI is InChI=1S/C14H16N4O3S/c19-14-4-1-11-9-12(2-3-13(11)17-14)22(20,21)16-6-8-18-7-5-15-10-18/h2-3,5,7,9-10,16H,1,4,6,8H2,(H,17,19). The Kier molecular flexibility index (Phi) is 3.95. The van der Waals surface area contributed by atoms with E-state index in [4.69, 9.17) is 0 Å². The van der Waals surface area contributed by atoms with Crippen molar-refractivity contribution < 1.29 is 13.2 Å². The number of amides is 1. The molecule has 0 saturated carbocycles. The van der Waals surface area contributed by atoms with Gasteiger partial charge >= 0.3 is 0 Å². The molecule has 0 saturated heterocycles. The van der Waals surface area contributed by atoms with Gasteiger partial charge in [-0.25, -0.2) is 18.1 Å². The van der Waals surface area contributed by atoms with Gasteiger partial charge in [0.05, 0.1) is 11.2 Å². The van der Waals surface area contributed by atoms with Crippen molar-refractivity contribution in [2.45, 2.75) is 24.3 Å². The minimum Gasteiger partial charge on any atom is -0.336 e. The highest BCUT2D eigenvalue weighted by atomic mass is 32.2. The van der Waals surface area contributed by atoms with Gasteiger partial charge in [0, 0.05) is 37.6 Å². The number of aromatic nitrogens is 2. The van der Waals surface area contributed by atoms with E-state index in [-0.39, 0.29) is 17.3 Å². The number of aryl methyl sites for hydroxylation is 1. The summed E-state index contributed by atoms with van der Waals surface area (Å²) in [6.07, 6.45) is 5.99. The summed E-state index contributed by atoms with van der Waals surface area (Å²) in [4.78, 5) is 15.4. The number of fused-ring (bicyclic) bond motifs is 1. The highest BCUT2D eigenvalue weighted by molar-refractivity contribution is 7.89. The van der Waals surface area contributed by atoms with Gasteiger partial charge in [-0.05, 0) is 30.2 Å². The zero-order valence-corrected chi connectivity index (χ0v) is 12.6. The monoisotopic (exact) mass is 320 g/mol. The first-order valence-corrected chi connectivity index (χ1v) is 8.41. The maximum absolute atomic E-state index is 12.3. The molecule has 1 aliphatic heterocycles. The normalized spacial score (nSPS) is 14.5. The fourth-order valence-corrected chi connectivity index (χ4v) is 3.41. The van der Waals surface area contributed by atoms with Gasteiger partial charge in [0.2, 0.25) is 15.9 Å². The van der Waals surface area contributed by atoms with Gasteiger partial charge in [0.15, 0.2) is 0 Å². The molecule has 1 aromatic carbocycles. The molecule has 1 aromatic heterocycles. The number of benzene rings is 1. The molecule has 2 N–H and O–H groups in total. The zero-order chi connectivity index (χ0) is 15.6. The van der Waals surface area contributed by atoms with Crippen LogP contribution in [0.25, 0.3) is 0 Å². The van der Waals surface area contributed by atoms with Crippen molar-refractivity contribution in [3.8, 4) is 0 Å². The first kappa shape index (κ1) is 14.7. The number of hydrogen-bond acceptors (Lipinski definition) is 4. The number of anilines is 1. The Hall–Kier alpha value is -2.19. The van der Waals surface area contributed by atoms with Crippen LogP contribution in [0.2, 0.25) is 0 Å². The van der Waals surface area contributed by atoms with Crippen molar-refractivity contribution in [2.75, 3.05) is 11.9 Å². The van der Waals surface area contributed by atoms with E-state index >= 15 is 0 Å². The van der Waals surface area contributed by atoms with E-state index in [0.29, 0.717) is 25.1 Å². The molecule has 0 unspecified atom stereocenters. The lowest BCUT2D eigenvalue weighted by Crippen LogP contribution is -2.27. The molecule has 1 aliphatic rings. The van der Waals surface area contributed by atoms with Gasteiger partial charge < -0.3 is 9.88 Å². The Morgan fingerprint density at radius 1 is 1.32 bits per heavy atom. The van der Waals surface area contributed by atoms with Crippen LogP contribution in [0, 0.1) is 0 Å². The Morgan fingerprint density at radius 2 is 2.18 bits per heavy atom. The Bertz CT molecular complexity index is 784. The molecular weight excluding hydrogens is 304 g/mol. The molecule has 0 spiro atoms. The fraction of sp³-hybridized carbons (Fsp3) is 0.286. The summed E-state index contributed by atoms with van der Waals surface area (Å²) in [6.45, 7) is 0.798. The van der Waals surface area contributed by atoms with Crippen LogP contribution in [-0.2, 0) is 27.8 Å². The SMILES string of the molecule is O=C1CCc2cc(S(=O)(=O)NCCn3ccnc3)ccc2N1. The first-order chi connectivity index (χ1) is 10.5. The van der Waals surface area contributed by atoms with E-state index in [1.807, 2.05) is 0 Å². The van der Waals surface area contributed by atoms with Crippen molar-refractivity contribution in [1.82, 2.24) is 14.3 Å². The molecule has 0 bridgehead atoms. The van der Waals surface area contributed by atoms with Crippen LogP contribution in [0.4, 0.5) is 5.69 Å². The van der Waals surface area contributed by atoms with Crippen LogP contribution in [0.15, 0.2) is 41.8 Å². The molecule has 7 nitrogen and oxygen atoms in total. The molecule has 116 valence electrons. The van der Waals surface area contributed by atoms with E-state index in [2.05, 4.69) is 15.0 Å². The van der Waals surface area contributed by atoms with Crippen molar-refractivity contribution in [1.29, 1.82) is 0 Å². The lowest BCUT2D eigenvalue weighted by atomic mass is 10.0. The Balaban J connectivity index is 1.70. The highest BCUT2D eigenvalue weighted by Crippen LogP contribution is 2.25. The maximum Gasteiger partial charge on any atom is 0.240 e. The Morgan fingerprint density at radius 3 is 2.95 bits per heavy atom. The van der Waals surface area contributed by atoms with Gasteiger partial charge in [-0.15, -0.1) is 0 Å². The van der Waals surface area contributed by atoms with Crippen molar-refractivity contribution in [3.05, 3.63) is 42.5 Å². The van der Waals surface area contributed by atoms with E-state index in [1.165, 1.54) is 6.07 Å². The van der Waals surface area contributed by atoms with Gasteiger partial charge in [-0.3, -0.25) is 4.79 Å². The molecule has 0 radical (unpaired) electrons. The van der Waals surface area contributed by atoms with E-state index in [1.54, 1.807) is 35.4 Å². The highest BCUT2D eigenvalue weighted by Gasteiger charge is 2.19. The molecule has 0 atom stereocenters. The third kappa shape index (κ3) is 3.18. The van der Waals surface area contributed by atoms with E-state index in [0.717, 1.165) is 5.56 Å². The predicted molar refractivity (Wildman–Crippen MR) is 80.8 cm³/mol. The van der Waals surface area contributed by atoms with Crippen LogP contribution in [0.3, 0.4) is 0 Å². The van der Waals surface area contributed by atoms with Gasteiger partial charge in [0.25, 0.3) is 0 Å². The molecule has 22 heavy (non-hydrogen) atoms. The van der Waals surface area contributed by atoms with E-state index < -0.39 is 10.0 Å². The van der Waals surface area contributed by atoms with E-state index in [9.17, 15) is 13.2 Å². The molecule has 8 heteroatoms. The molecule has 0 fully saturated rings. The number of imidazole rings is 1. The topological polar surface area (TPSA) is 93.1 Å². The lowest BCUT2D eigenvalue weighted by molar-refractivity contribution is -0.116. The first-order valence-electron chi connectivity index (χ1n) is 6.93. The summed E-state index contributed by atoms with van der Waals surface area (Å²) in [5.74, 6) is -0.0402. The predicted octanol–water partition coefficient (Wildman–Crippen LogP) is 0.746. The third-order valence-electron chi connectivity index (χ3n) is 3.50. The second-order valence-corrected chi connectivity index (χ2v) is 6.83. The summed E-state index contributed by atoms with van der Waals surface area (Å²) >= 11 is 0. The zero-order valence-electron chi connectivity index (χ0n) is 11.8. The number of sulfonamides is 1.